The Labute approximate surface area is 171 Å². The fourth-order valence-corrected chi connectivity index (χ4v) is 3.78. The van der Waals surface area contributed by atoms with Crippen molar-refractivity contribution in [2.24, 2.45) is 0 Å². The highest BCUT2D eigenvalue weighted by atomic mass is 16.4. The smallest absolute Gasteiger partial charge is 0.340 e. The maximum atomic E-state index is 12.6. The number of hydrogen-bond acceptors (Lipinski definition) is 5. The second kappa shape index (κ2) is 7.67. The molecule has 1 aromatic carbocycles. The Hall–Kier alpha value is -3.61. The molecule has 7 heteroatoms. The Morgan fingerprint density at radius 2 is 1.97 bits per heavy atom. The normalized spacial score (nSPS) is 14.7. The van der Waals surface area contributed by atoms with E-state index in [4.69, 9.17) is 8.83 Å². The summed E-state index contributed by atoms with van der Waals surface area (Å²) in [6.45, 7) is 3.67. The van der Waals surface area contributed by atoms with Crippen molar-refractivity contribution in [3.8, 4) is 0 Å². The van der Waals surface area contributed by atoms with Crippen LogP contribution in [-0.4, -0.2) is 23.0 Å². The Morgan fingerprint density at radius 3 is 2.67 bits per heavy atom. The minimum atomic E-state index is -1.13. The van der Waals surface area contributed by atoms with Gasteiger partial charge < -0.3 is 19.3 Å². The first-order valence-corrected chi connectivity index (χ1v) is 9.65. The lowest BCUT2D eigenvalue weighted by Crippen LogP contribution is -2.43. The van der Waals surface area contributed by atoms with Gasteiger partial charge in [0.15, 0.2) is 0 Å². The number of hydrogen-bond donors (Lipinski definition) is 2. The molecule has 154 valence electrons. The fourth-order valence-electron chi connectivity index (χ4n) is 3.78. The molecule has 1 aliphatic carbocycles. The number of carboxylic acids is 1. The van der Waals surface area contributed by atoms with Crippen molar-refractivity contribution in [2.75, 3.05) is 0 Å². The third-order valence-corrected chi connectivity index (χ3v) is 5.47. The summed E-state index contributed by atoms with van der Waals surface area (Å²) in [5.74, 6) is -1.68. The zero-order valence-electron chi connectivity index (χ0n) is 16.7. The number of carbonyl (C=O) groups excluding carboxylic acids is 1. The van der Waals surface area contributed by atoms with Gasteiger partial charge in [-0.15, -0.1) is 0 Å². The van der Waals surface area contributed by atoms with Crippen molar-refractivity contribution in [3.05, 3.63) is 69.3 Å². The summed E-state index contributed by atoms with van der Waals surface area (Å²) >= 11 is 0. The maximum absolute atomic E-state index is 12.6. The standard InChI is InChI=1S/C23H21NO6/c1-12-11-29-18-10-19-16(8-15(12)18)13(2)17(23(28)30-19)9-20(25)24-21(22(26)27)14-6-4-3-5-7-14/h3-4,7-8,10-11,21H,5-6,9H2,1-2H3,(H,24,25)(H,26,27). The van der Waals surface area contributed by atoms with Gasteiger partial charge in [0.1, 0.15) is 17.2 Å². The molecule has 0 spiro atoms. The number of allylic oxidation sites excluding steroid dienone is 3. The number of furan rings is 1. The predicted molar refractivity (Wildman–Crippen MR) is 111 cm³/mol. The van der Waals surface area contributed by atoms with Crippen LogP contribution < -0.4 is 10.9 Å². The average molecular weight is 407 g/mol. The zero-order valence-corrected chi connectivity index (χ0v) is 16.7. The maximum Gasteiger partial charge on any atom is 0.340 e. The molecule has 1 atom stereocenters. The monoisotopic (exact) mass is 407 g/mol. The van der Waals surface area contributed by atoms with Crippen molar-refractivity contribution in [1.29, 1.82) is 0 Å². The molecule has 4 rings (SSSR count). The molecule has 30 heavy (non-hydrogen) atoms. The number of rotatable bonds is 5. The lowest BCUT2D eigenvalue weighted by Gasteiger charge is -2.19. The van der Waals surface area contributed by atoms with Crippen molar-refractivity contribution in [1.82, 2.24) is 5.32 Å². The molecule has 7 nitrogen and oxygen atoms in total. The number of aryl methyl sites for hydroxylation is 2. The van der Waals surface area contributed by atoms with Gasteiger partial charge in [-0.2, -0.15) is 0 Å². The molecule has 0 fully saturated rings. The molecule has 0 bridgehead atoms. The van der Waals surface area contributed by atoms with E-state index in [1.165, 1.54) is 0 Å². The quantitative estimate of drug-likeness (QED) is 0.494. The van der Waals surface area contributed by atoms with Crippen LogP contribution in [0.15, 0.2) is 55.8 Å². The summed E-state index contributed by atoms with van der Waals surface area (Å²) in [7, 11) is 0. The average Bonchev–Trinajstić information content (AvgIpc) is 3.08. The SMILES string of the molecule is Cc1coc2cc3oc(=O)c(CC(=O)NC(C(=O)O)C4=CCC=CC4)c(C)c3cc12. The number of benzene rings is 1. The summed E-state index contributed by atoms with van der Waals surface area (Å²) in [5, 5.41) is 13.7. The van der Waals surface area contributed by atoms with E-state index in [-0.39, 0.29) is 12.0 Å². The molecular formula is C23H21NO6. The van der Waals surface area contributed by atoms with E-state index in [0.29, 0.717) is 40.5 Å². The van der Waals surface area contributed by atoms with E-state index in [2.05, 4.69) is 5.32 Å². The van der Waals surface area contributed by atoms with E-state index < -0.39 is 23.5 Å². The van der Waals surface area contributed by atoms with Crippen LogP contribution in [-0.2, 0) is 16.0 Å². The summed E-state index contributed by atoms with van der Waals surface area (Å²) in [6, 6.07) is 2.42. The highest BCUT2D eigenvalue weighted by Gasteiger charge is 2.25. The van der Waals surface area contributed by atoms with Crippen molar-refractivity contribution < 1.29 is 23.5 Å². The van der Waals surface area contributed by atoms with Crippen molar-refractivity contribution in [3.63, 3.8) is 0 Å². The topological polar surface area (TPSA) is 110 Å². The van der Waals surface area contributed by atoms with Gasteiger partial charge >= 0.3 is 11.6 Å². The Balaban J connectivity index is 1.65. The molecule has 0 saturated heterocycles. The third-order valence-electron chi connectivity index (χ3n) is 5.47. The molecule has 2 aromatic heterocycles. The van der Waals surface area contributed by atoms with Crippen LogP contribution in [0.3, 0.4) is 0 Å². The minimum absolute atomic E-state index is 0.210. The van der Waals surface area contributed by atoms with E-state index in [9.17, 15) is 19.5 Å². The van der Waals surface area contributed by atoms with Crippen LogP contribution in [0, 0.1) is 13.8 Å². The Bertz CT molecular complexity index is 1290. The van der Waals surface area contributed by atoms with E-state index in [1.807, 2.05) is 25.1 Å². The Kier molecular flexibility index (Phi) is 5.03. The van der Waals surface area contributed by atoms with Gasteiger partial charge in [-0.3, -0.25) is 4.79 Å². The summed E-state index contributed by atoms with van der Waals surface area (Å²) in [5.41, 5.74) is 2.80. The van der Waals surface area contributed by atoms with Gasteiger partial charge in [-0.25, -0.2) is 9.59 Å². The van der Waals surface area contributed by atoms with Crippen LogP contribution in [0.25, 0.3) is 21.9 Å². The molecule has 2 heterocycles. The summed E-state index contributed by atoms with van der Waals surface area (Å²) in [4.78, 5) is 36.8. The molecule has 0 radical (unpaired) electrons. The zero-order chi connectivity index (χ0) is 21.4. The molecule has 1 unspecified atom stereocenters. The van der Waals surface area contributed by atoms with E-state index >= 15 is 0 Å². The third kappa shape index (κ3) is 3.54. The molecule has 3 aromatic rings. The fraction of sp³-hybridized carbons (Fsp3) is 0.261. The molecule has 0 aliphatic heterocycles. The van der Waals surface area contributed by atoms with Crippen molar-refractivity contribution >= 4 is 33.8 Å². The van der Waals surface area contributed by atoms with Crippen LogP contribution in [0.5, 0.6) is 0 Å². The molecule has 0 saturated carbocycles. The lowest BCUT2D eigenvalue weighted by molar-refractivity contribution is -0.140. The van der Waals surface area contributed by atoms with Gasteiger partial charge in [0, 0.05) is 16.8 Å². The number of amides is 1. The number of carbonyl (C=O) groups is 2. The van der Waals surface area contributed by atoms with E-state index in [0.717, 1.165) is 10.9 Å². The molecular weight excluding hydrogens is 386 g/mol. The van der Waals surface area contributed by atoms with Crippen LogP contribution in [0.1, 0.15) is 29.5 Å². The number of carboxylic acid groups (broad SMARTS) is 1. The highest BCUT2D eigenvalue weighted by molar-refractivity contribution is 5.97. The highest BCUT2D eigenvalue weighted by Crippen LogP contribution is 2.29. The van der Waals surface area contributed by atoms with Gasteiger partial charge in [0.05, 0.1) is 18.2 Å². The molecule has 1 amide bonds. The number of nitrogens with one attached hydrogen (secondary N) is 1. The Morgan fingerprint density at radius 1 is 1.17 bits per heavy atom. The van der Waals surface area contributed by atoms with Gasteiger partial charge in [0.25, 0.3) is 0 Å². The van der Waals surface area contributed by atoms with E-state index in [1.54, 1.807) is 25.3 Å². The van der Waals surface area contributed by atoms with Crippen molar-refractivity contribution in [2.45, 2.75) is 39.2 Å². The molecule has 1 aliphatic rings. The van der Waals surface area contributed by atoms with Crippen LogP contribution in [0.4, 0.5) is 0 Å². The first-order chi connectivity index (χ1) is 14.3. The number of fused-ring (bicyclic) bond motifs is 2. The van der Waals surface area contributed by atoms with Crippen LogP contribution in [0.2, 0.25) is 0 Å². The summed E-state index contributed by atoms with van der Waals surface area (Å²) < 4.78 is 10.9. The molecule has 2 N–H and O–H groups in total. The predicted octanol–water partition coefficient (Wildman–Crippen LogP) is 3.54. The number of aliphatic carboxylic acids is 1. The first-order valence-electron chi connectivity index (χ1n) is 9.65. The second-order valence-corrected chi connectivity index (χ2v) is 7.46. The van der Waals surface area contributed by atoms with Gasteiger partial charge in [0.2, 0.25) is 5.91 Å². The lowest BCUT2D eigenvalue weighted by atomic mass is 9.97. The minimum Gasteiger partial charge on any atom is -0.479 e. The van der Waals surface area contributed by atoms with Gasteiger partial charge in [-0.1, -0.05) is 18.2 Å². The van der Waals surface area contributed by atoms with Gasteiger partial charge in [-0.05, 0) is 49.5 Å². The van der Waals surface area contributed by atoms with Crippen LogP contribution >= 0.6 is 0 Å². The second-order valence-electron chi connectivity index (χ2n) is 7.46. The summed E-state index contributed by atoms with van der Waals surface area (Å²) in [6.07, 6.45) is 8.07. The largest absolute Gasteiger partial charge is 0.479 e. The first kappa shape index (κ1) is 19.7.